The summed E-state index contributed by atoms with van der Waals surface area (Å²) in [6, 6.07) is 6.08. The molecule has 0 saturated carbocycles. The lowest BCUT2D eigenvalue weighted by Gasteiger charge is -2.17. The molecule has 0 radical (unpaired) electrons. The fourth-order valence-electron chi connectivity index (χ4n) is 2.68. The van der Waals surface area contributed by atoms with E-state index < -0.39 is 0 Å². The maximum atomic E-state index is 12.6. The smallest absolute Gasteiger partial charge is 0.267 e. The number of rotatable bonds is 5. The van der Waals surface area contributed by atoms with Crippen molar-refractivity contribution in [2.75, 3.05) is 19.7 Å². The van der Waals surface area contributed by atoms with E-state index in [1.54, 1.807) is 17.1 Å². The van der Waals surface area contributed by atoms with Crippen LogP contribution in [0.25, 0.3) is 6.08 Å². The van der Waals surface area contributed by atoms with Crippen LogP contribution in [0.1, 0.15) is 17.5 Å². The number of fused-ring (bicyclic) bond motifs is 1. The van der Waals surface area contributed by atoms with Crippen molar-refractivity contribution in [3.8, 4) is 5.75 Å². The topological polar surface area (TPSA) is 41.9 Å². The van der Waals surface area contributed by atoms with Crippen LogP contribution in [0.15, 0.2) is 53.4 Å². The monoisotopic (exact) mass is 340 g/mol. The maximum Gasteiger partial charge on any atom is 0.267 e. The van der Waals surface area contributed by atoms with Gasteiger partial charge in [-0.05, 0) is 53.9 Å². The van der Waals surface area contributed by atoms with Gasteiger partial charge in [0.25, 0.3) is 5.91 Å². The summed E-state index contributed by atoms with van der Waals surface area (Å²) in [5.74, 6) is 0.923. The van der Waals surface area contributed by atoms with Gasteiger partial charge in [0.2, 0.25) is 0 Å². The molecule has 1 fully saturated rings. The average Bonchev–Trinajstić information content (AvgIpc) is 2.89. The molecule has 0 atom stereocenters. The molecule has 1 aromatic carbocycles. The Morgan fingerprint density at radius 2 is 2.21 bits per heavy atom. The molecule has 24 heavy (non-hydrogen) atoms. The highest BCUT2D eigenvalue weighted by Gasteiger charge is 2.32. The van der Waals surface area contributed by atoms with Crippen molar-refractivity contribution in [3.63, 3.8) is 0 Å². The first-order valence-electron chi connectivity index (χ1n) is 7.96. The predicted octanol–water partition coefficient (Wildman–Crippen LogP) is 3.66. The predicted molar refractivity (Wildman–Crippen MR) is 100 cm³/mol. The van der Waals surface area contributed by atoms with Crippen LogP contribution in [-0.4, -0.2) is 35.7 Å². The summed E-state index contributed by atoms with van der Waals surface area (Å²) in [7, 11) is 0. The van der Waals surface area contributed by atoms with Crippen molar-refractivity contribution in [1.29, 1.82) is 0 Å². The standard InChI is InChI=1S/C19H20N2O2S/c1-3-9-20-19-21(10-4-2)18(22)17(24-19)13-14-7-8-16-15(12-14)6-5-11-23-16/h3-4,7-8,12-13H,1-2,5-6,9-11H2/b17-13-,20-19?. The Labute approximate surface area is 146 Å². The second-order valence-electron chi connectivity index (χ2n) is 5.55. The van der Waals surface area contributed by atoms with Crippen molar-refractivity contribution in [2.45, 2.75) is 12.8 Å². The molecule has 0 bridgehead atoms. The molecule has 0 N–H and O–H groups in total. The van der Waals surface area contributed by atoms with Gasteiger partial charge in [-0.3, -0.25) is 14.7 Å². The number of hydrogen-bond donors (Lipinski definition) is 0. The van der Waals surface area contributed by atoms with Gasteiger partial charge in [-0.25, -0.2) is 0 Å². The van der Waals surface area contributed by atoms with Gasteiger partial charge < -0.3 is 4.74 Å². The summed E-state index contributed by atoms with van der Waals surface area (Å²) < 4.78 is 5.64. The van der Waals surface area contributed by atoms with Crippen LogP contribution in [0.4, 0.5) is 0 Å². The third-order valence-corrected chi connectivity index (χ3v) is 4.83. The summed E-state index contributed by atoms with van der Waals surface area (Å²) in [5, 5.41) is 0.701. The normalized spacial score (nSPS) is 20.2. The van der Waals surface area contributed by atoms with Crippen LogP contribution in [0.3, 0.4) is 0 Å². The molecule has 0 aromatic heterocycles. The molecule has 1 saturated heterocycles. The van der Waals surface area contributed by atoms with Crippen LogP contribution >= 0.6 is 11.8 Å². The molecule has 5 heteroatoms. The van der Waals surface area contributed by atoms with Crippen LogP contribution < -0.4 is 4.74 Å². The Hall–Kier alpha value is -2.27. The molecular weight excluding hydrogens is 320 g/mol. The van der Waals surface area contributed by atoms with Crippen molar-refractivity contribution in [3.05, 3.63) is 59.5 Å². The van der Waals surface area contributed by atoms with Crippen LogP contribution in [0.2, 0.25) is 0 Å². The first-order valence-corrected chi connectivity index (χ1v) is 8.78. The number of carbonyl (C=O) groups excluding carboxylic acids is 1. The molecule has 0 spiro atoms. The Balaban J connectivity index is 1.88. The highest BCUT2D eigenvalue weighted by Crippen LogP contribution is 2.33. The van der Waals surface area contributed by atoms with Crippen LogP contribution in [-0.2, 0) is 11.2 Å². The molecule has 3 rings (SSSR count). The van der Waals surface area contributed by atoms with Gasteiger partial charge in [0.05, 0.1) is 18.1 Å². The molecule has 0 unspecified atom stereocenters. The van der Waals surface area contributed by atoms with Gasteiger partial charge in [-0.2, -0.15) is 0 Å². The van der Waals surface area contributed by atoms with Crippen molar-refractivity contribution >= 4 is 28.9 Å². The summed E-state index contributed by atoms with van der Waals surface area (Å²) in [5.41, 5.74) is 2.22. The van der Waals surface area contributed by atoms with E-state index in [0.717, 1.165) is 30.8 Å². The van der Waals surface area contributed by atoms with Gasteiger partial charge in [0, 0.05) is 6.54 Å². The van der Waals surface area contributed by atoms with E-state index in [2.05, 4.69) is 24.2 Å². The van der Waals surface area contributed by atoms with Gasteiger partial charge >= 0.3 is 0 Å². The van der Waals surface area contributed by atoms with E-state index in [0.29, 0.717) is 23.2 Å². The van der Waals surface area contributed by atoms with Gasteiger partial charge in [0.15, 0.2) is 5.17 Å². The zero-order chi connectivity index (χ0) is 16.9. The summed E-state index contributed by atoms with van der Waals surface area (Å²) in [4.78, 5) is 19.4. The van der Waals surface area contributed by atoms with E-state index >= 15 is 0 Å². The van der Waals surface area contributed by atoms with Crippen molar-refractivity contribution in [2.24, 2.45) is 4.99 Å². The highest BCUT2D eigenvalue weighted by molar-refractivity contribution is 8.18. The molecular formula is C19H20N2O2S. The number of carbonyl (C=O) groups is 1. The first kappa shape index (κ1) is 16.6. The van der Waals surface area contributed by atoms with E-state index in [9.17, 15) is 4.79 Å². The van der Waals surface area contributed by atoms with Crippen LogP contribution in [0, 0.1) is 0 Å². The van der Waals surface area contributed by atoms with Crippen LogP contribution in [0.5, 0.6) is 5.75 Å². The molecule has 2 aliphatic rings. The Morgan fingerprint density at radius 3 is 3.00 bits per heavy atom. The van der Waals surface area contributed by atoms with E-state index in [1.165, 1.54) is 17.3 Å². The SMILES string of the molecule is C=CCN=C1S/C(=C\c2ccc3c(c2)CCCO3)C(=O)N1CC=C. The van der Waals surface area contributed by atoms with E-state index in [-0.39, 0.29) is 5.91 Å². The number of hydrogen-bond acceptors (Lipinski definition) is 4. The molecule has 4 nitrogen and oxygen atoms in total. The van der Waals surface area contributed by atoms with E-state index in [1.807, 2.05) is 18.2 Å². The number of aryl methyl sites for hydroxylation is 1. The zero-order valence-electron chi connectivity index (χ0n) is 13.5. The molecule has 124 valence electrons. The van der Waals surface area contributed by atoms with Gasteiger partial charge in [0.1, 0.15) is 5.75 Å². The number of amides is 1. The number of aliphatic imine (C=N–C) groups is 1. The lowest BCUT2D eigenvalue weighted by atomic mass is 10.0. The summed E-state index contributed by atoms with van der Waals surface area (Å²) in [6.07, 6.45) is 7.40. The highest BCUT2D eigenvalue weighted by atomic mass is 32.2. The maximum absolute atomic E-state index is 12.6. The third kappa shape index (κ3) is 3.46. The number of benzene rings is 1. The van der Waals surface area contributed by atoms with Gasteiger partial charge in [-0.1, -0.05) is 18.2 Å². The summed E-state index contributed by atoms with van der Waals surface area (Å²) in [6.45, 7) is 9.12. The van der Waals surface area contributed by atoms with Crippen molar-refractivity contribution in [1.82, 2.24) is 4.90 Å². The second kappa shape index (κ2) is 7.53. The summed E-state index contributed by atoms with van der Waals surface area (Å²) >= 11 is 1.40. The number of nitrogens with zero attached hydrogens (tertiary/aromatic N) is 2. The lowest BCUT2D eigenvalue weighted by molar-refractivity contribution is -0.121. The number of ether oxygens (including phenoxy) is 1. The number of thioether (sulfide) groups is 1. The molecule has 0 aliphatic carbocycles. The molecule has 2 aliphatic heterocycles. The minimum absolute atomic E-state index is 0.0308. The number of amidine groups is 1. The van der Waals surface area contributed by atoms with Crippen molar-refractivity contribution < 1.29 is 9.53 Å². The fraction of sp³-hybridized carbons (Fsp3) is 0.263. The molecule has 1 amide bonds. The molecule has 2 heterocycles. The van der Waals surface area contributed by atoms with Gasteiger partial charge in [-0.15, -0.1) is 13.2 Å². The minimum Gasteiger partial charge on any atom is -0.493 e. The third-order valence-electron chi connectivity index (χ3n) is 3.79. The quantitative estimate of drug-likeness (QED) is 0.607. The first-order chi connectivity index (χ1) is 11.7. The Kier molecular flexibility index (Phi) is 5.20. The minimum atomic E-state index is -0.0308. The zero-order valence-corrected chi connectivity index (χ0v) is 14.3. The average molecular weight is 340 g/mol. The molecule has 1 aromatic rings. The lowest BCUT2D eigenvalue weighted by Crippen LogP contribution is -2.29. The van der Waals surface area contributed by atoms with E-state index in [4.69, 9.17) is 4.74 Å². The fourth-order valence-corrected chi connectivity index (χ4v) is 3.68. The second-order valence-corrected chi connectivity index (χ2v) is 6.56. The Morgan fingerprint density at radius 1 is 1.33 bits per heavy atom. The largest absolute Gasteiger partial charge is 0.493 e. The Bertz CT molecular complexity index is 737.